The fourth-order valence-electron chi connectivity index (χ4n) is 2.34. The molecule has 1 atom stereocenters. The predicted molar refractivity (Wildman–Crippen MR) is 75.9 cm³/mol. The summed E-state index contributed by atoms with van der Waals surface area (Å²) in [7, 11) is 1.54. The highest BCUT2D eigenvalue weighted by Crippen LogP contribution is 2.17. The zero-order chi connectivity index (χ0) is 14.2. The monoisotopic (exact) mass is 278 g/mol. The van der Waals surface area contributed by atoms with E-state index in [9.17, 15) is 4.79 Å². The van der Waals surface area contributed by atoms with Gasteiger partial charge in [0.25, 0.3) is 5.91 Å². The Morgan fingerprint density at radius 2 is 2.45 bits per heavy atom. The Labute approximate surface area is 119 Å². The van der Waals surface area contributed by atoms with E-state index in [-0.39, 0.29) is 5.91 Å². The average molecular weight is 278 g/mol. The number of hydrogen-bond acceptors (Lipinski definition) is 4. The molecule has 2 rings (SSSR count). The van der Waals surface area contributed by atoms with E-state index in [0.29, 0.717) is 24.1 Å². The maximum absolute atomic E-state index is 11.9. The summed E-state index contributed by atoms with van der Waals surface area (Å²) in [5, 5.41) is 2.91. The standard InChI is InChI=1S/C15H22N2O3/c1-19-14-11-12(7-9-16-14)15(18)17-8-3-2-5-13-6-4-10-20-13/h7,9,11,13H,2-6,8,10H2,1H3,(H,17,18)/t13-/m1/s1. The highest BCUT2D eigenvalue weighted by atomic mass is 16.5. The van der Waals surface area contributed by atoms with E-state index in [1.807, 2.05) is 0 Å². The molecule has 1 aromatic rings. The molecule has 0 radical (unpaired) electrons. The summed E-state index contributed by atoms with van der Waals surface area (Å²) >= 11 is 0. The molecule has 1 N–H and O–H groups in total. The molecule has 1 saturated heterocycles. The summed E-state index contributed by atoms with van der Waals surface area (Å²) < 4.78 is 10.6. The van der Waals surface area contributed by atoms with Crippen molar-refractivity contribution < 1.29 is 14.3 Å². The first kappa shape index (κ1) is 14.8. The van der Waals surface area contributed by atoms with Crippen LogP contribution in [0.4, 0.5) is 0 Å². The number of ether oxygens (including phenoxy) is 2. The third-order valence-corrected chi connectivity index (χ3v) is 3.47. The molecule has 0 saturated carbocycles. The molecule has 5 nitrogen and oxygen atoms in total. The summed E-state index contributed by atoms with van der Waals surface area (Å²) in [6, 6.07) is 3.33. The quantitative estimate of drug-likeness (QED) is 0.777. The molecule has 1 aliphatic heterocycles. The second-order valence-electron chi connectivity index (χ2n) is 4.97. The molecule has 1 aromatic heterocycles. The number of amides is 1. The first-order chi connectivity index (χ1) is 9.79. The molecule has 0 bridgehead atoms. The van der Waals surface area contributed by atoms with Crippen molar-refractivity contribution in [3.05, 3.63) is 23.9 Å². The molecule has 0 aromatic carbocycles. The molecule has 1 amide bonds. The number of hydrogen-bond donors (Lipinski definition) is 1. The summed E-state index contributed by atoms with van der Waals surface area (Å²) in [6.07, 6.45) is 7.55. The molecular weight excluding hydrogens is 256 g/mol. The van der Waals surface area contributed by atoms with Crippen molar-refractivity contribution >= 4 is 5.91 Å². The van der Waals surface area contributed by atoms with Crippen molar-refractivity contribution in [3.8, 4) is 5.88 Å². The Hall–Kier alpha value is -1.62. The van der Waals surface area contributed by atoms with Crippen LogP contribution in [-0.4, -0.2) is 37.3 Å². The van der Waals surface area contributed by atoms with Crippen LogP contribution in [0.25, 0.3) is 0 Å². The molecule has 1 aliphatic rings. The highest BCUT2D eigenvalue weighted by molar-refractivity contribution is 5.94. The zero-order valence-electron chi connectivity index (χ0n) is 11.9. The fraction of sp³-hybridized carbons (Fsp3) is 0.600. The van der Waals surface area contributed by atoms with Crippen molar-refractivity contribution in [1.82, 2.24) is 10.3 Å². The van der Waals surface area contributed by atoms with Gasteiger partial charge in [0.15, 0.2) is 0 Å². The number of aromatic nitrogens is 1. The summed E-state index contributed by atoms with van der Waals surface area (Å²) in [5.74, 6) is 0.374. The van der Waals surface area contributed by atoms with Gasteiger partial charge in [0.05, 0.1) is 13.2 Å². The molecule has 0 spiro atoms. The van der Waals surface area contributed by atoms with Crippen LogP contribution >= 0.6 is 0 Å². The van der Waals surface area contributed by atoms with E-state index in [4.69, 9.17) is 9.47 Å². The Balaban J connectivity index is 1.64. The number of carbonyl (C=O) groups is 1. The van der Waals surface area contributed by atoms with Gasteiger partial charge in [-0.25, -0.2) is 4.98 Å². The Kier molecular flexibility index (Phi) is 5.80. The molecule has 1 fully saturated rings. The first-order valence-corrected chi connectivity index (χ1v) is 7.19. The van der Waals surface area contributed by atoms with Crippen LogP contribution in [0.2, 0.25) is 0 Å². The van der Waals surface area contributed by atoms with Crippen LogP contribution in [0.15, 0.2) is 18.3 Å². The lowest BCUT2D eigenvalue weighted by Gasteiger charge is -2.09. The Morgan fingerprint density at radius 3 is 3.20 bits per heavy atom. The van der Waals surface area contributed by atoms with E-state index < -0.39 is 0 Å². The normalized spacial score (nSPS) is 17.9. The van der Waals surface area contributed by atoms with Crippen LogP contribution in [-0.2, 0) is 4.74 Å². The van der Waals surface area contributed by atoms with Crippen LogP contribution in [0.5, 0.6) is 5.88 Å². The number of unbranched alkanes of at least 4 members (excludes halogenated alkanes) is 1. The summed E-state index contributed by atoms with van der Waals surface area (Å²) in [4.78, 5) is 15.9. The Morgan fingerprint density at radius 1 is 1.55 bits per heavy atom. The van der Waals surface area contributed by atoms with Crippen molar-refractivity contribution in [3.63, 3.8) is 0 Å². The second kappa shape index (κ2) is 7.85. The first-order valence-electron chi connectivity index (χ1n) is 7.19. The van der Waals surface area contributed by atoms with Gasteiger partial charge in [-0.2, -0.15) is 0 Å². The van der Waals surface area contributed by atoms with E-state index in [1.54, 1.807) is 18.3 Å². The van der Waals surface area contributed by atoms with Gasteiger partial charge in [-0.15, -0.1) is 0 Å². The smallest absolute Gasteiger partial charge is 0.251 e. The largest absolute Gasteiger partial charge is 0.481 e. The van der Waals surface area contributed by atoms with E-state index >= 15 is 0 Å². The van der Waals surface area contributed by atoms with Gasteiger partial charge >= 0.3 is 0 Å². The molecular formula is C15H22N2O3. The minimum Gasteiger partial charge on any atom is -0.481 e. The molecule has 0 aliphatic carbocycles. The van der Waals surface area contributed by atoms with Gasteiger partial charge in [-0.1, -0.05) is 0 Å². The van der Waals surface area contributed by atoms with Crippen molar-refractivity contribution in [2.45, 2.75) is 38.2 Å². The lowest BCUT2D eigenvalue weighted by atomic mass is 10.1. The second-order valence-corrected chi connectivity index (χ2v) is 4.97. The van der Waals surface area contributed by atoms with E-state index in [0.717, 1.165) is 25.9 Å². The third kappa shape index (κ3) is 4.49. The lowest BCUT2D eigenvalue weighted by molar-refractivity contribution is 0.0946. The van der Waals surface area contributed by atoms with Gasteiger partial charge in [-0.3, -0.25) is 4.79 Å². The molecule has 2 heterocycles. The van der Waals surface area contributed by atoms with Gasteiger partial charge in [0.1, 0.15) is 0 Å². The molecule has 0 unspecified atom stereocenters. The van der Waals surface area contributed by atoms with E-state index in [1.165, 1.54) is 20.0 Å². The minimum atomic E-state index is -0.0807. The SMILES string of the molecule is COc1cc(C(=O)NCCCC[C@@H]2CCCO2)ccn1. The number of nitrogens with zero attached hydrogens (tertiary/aromatic N) is 1. The maximum Gasteiger partial charge on any atom is 0.251 e. The van der Waals surface area contributed by atoms with Crippen molar-refractivity contribution in [2.24, 2.45) is 0 Å². The zero-order valence-corrected chi connectivity index (χ0v) is 11.9. The topological polar surface area (TPSA) is 60.5 Å². The van der Waals surface area contributed by atoms with Gasteiger partial charge in [0.2, 0.25) is 5.88 Å². The van der Waals surface area contributed by atoms with Gasteiger partial charge in [-0.05, 0) is 38.2 Å². The lowest BCUT2D eigenvalue weighted by Crippen LogP contribution is -2.24. The summed E-state index contributed by atoms with van der Waals surface area (Å²) in [6.45, 7) is 1.60. The van der Waals surface area contributed by atoms with Crippen molar-refractivity contribution in [1.29, 1.82) is 0 Å². The van der Waals surface area contributed by atoms with Gasteiger partial charge < -0.3 is 14.8 Å². The number of rotatable bonds is 7. The van der Waals surface area contributed by atoms with Crippen LogP contribution in [0, 0.1) is 0 Å². The molecule has 5 heteroatoms. The molecule has 20 heavy (non-hydrogen) atoms. The van der Waals surface area contributed by atoms with Crippen LogP contribution in [0.1, 0.15) is 42.5 Å². The third-order valence-electron chi connectivity index (χ3n) is 3.47. The number of methoxy groups -OCH3 is 1. The van der Waals surface area contributed by atoms with Gasteiger partial charge in [0, 0.05) is 31.0 Å². The molecule has 110 valence electrons. The van der Waals surface area contributed by atoms with Crippen molar-refractivity contribution in [2.75, 3.05) is 20.3 Å². The van der Waals surface area contributed by atoms with Crippen LogP contribution < -0.4 is 10.1 Å². The summed E-state index contributed by atoms with van der Waals surface area (Å²) in [5.41, 5.74) is 0.580. The highest BCUT2D eigenvalue weighted by Gasteiger charge is 2.14. The number of carbonyl (C=O) groups excluding carboxylic acids is 1. The Bertz CT molecular complexity index is 431. The maximum atomic E-state index is 11.9. The van der Waals surface area contributed by atoms with Crippen LogP contribution in [0.3, 0.4) is 0 Å². The minimum absolute atomic E-state index is 0.0807. The fourth-order valence-corrected chi connectivity index (χ4v) is 2.34. The average Bonchev–Trinajstić information content (AvgIpc) is 3.00. The predicted octanol–water partition coefficient (Wildman–Crippen LogP) is 2.17. The number of nitrogens with one attached hydrogen (secondary N) is 1. The number of pyridine rings is 1. The van der Waals surface area contributed by atoms with E-state index in [2.05, 4.69) is 10.3 Å².